The van der Waals surface area contributed by atoms with Crippen LogP contribution in [0, 0.1) is 11.6 Å². The number of hydrogen-bond donors (Lipinski definition) is 1. The van der Waals surface area contributed by atoms with E-state index >= 15 is 0 Å². The van der Waals surface area contributed by atoms with Crippen LogP contribution in [0.15, 0.2) is 66.7 Å². The lowest BCUT2D eigenvalue weighted by molar-refractivity contribution is 0.837. The quantitative estimate of drug-likeness (QED) is 0.713. The van der Waals surface area contributed by atoms with Gasteiger partial charge in [-0.25, -0.2) is 4.98 Å². The predicted molar refractivity (Wildman–Crippen MR) is 88.0 cm³/mol. The number of hydrogen-bond acceptors (Lipinski definition) is 2. The molecule has 0 unspecified atom stereocenters. The van der Waals surface area contributed by atoms with Crippen molar-refractivity contribution >= 4 is 12.2 Å². The van der Waals surface area contributed by atoms with Crippen LogP contribution in [-0.4, -0.2) is 9.97 Å². The van der Waals surface area contributed by atoms with Crippen LogP contribution < -0.4 is 0 Å². The third-order valence-electron chi connectivity index (χ3n) is 3.44. The van der Waals surface area contributed by atoms with Crippen LogP contribution in [0.5, 0.6) is 0 Å². The Labute approximate surface area is 129 Å². The first-order chi connectivity index (χ1) is 10.2. The Morgan fingerprint density at radius 3 is 1.90 bits per heavy atom. The molecule has 0 amide bonds. The maximum absolute atomic E-state index is 5.28. The fourth-order valence-corrected chi connectivity index (χ4v) is 2.81. The van der Waals surface area contributed by atoms with E-state index in [9.17, 15) is 0 Å². The van der Waals surface area contributed by atoms with Gasteiger partial charge < -0.3 is 4.98 Å². The van der Waals surface area contributed by atoms with Gasteiger partial charge in [0.25, 0.3) is 0 Å². The van der Waals surface area contributed by atoms with Crippen molar-refractivity contribution < 1.29 is 0 Å². The molecule has 1 heterocycles. The molecule has 3 aromatic rings. The van der Waals surface area contributed by atoms with Gasteiger partial charge in [-0.1, -0.05) is 72.9 Å². The first-order valence-electron chi connectivity index (χ1n) is 6.92. The van der Waals surface area contributed by atoms with E-state index in [1.54, 1.807) is 0 Å². The van der Waals surface area contributed by atoms with E-state index in [1.807, 2.05) is 25.1 Å². The zero-order valence-corrected chi connectivity index (χ0v) is 12.6. The van der Waals surface area contributed by atoms with Gasteiger partial charge in [0.2, 0.25) is 0 Å². The highest BCUT2D eigenvalue weighted by molar-refractivity contribution is 7.71. The molecule has 0 bridgehead atoms. The van der Waals surface area contributed by atoms with Crippen LogP contribution in [0.4, 0.5) is 0 Å². The van der Waals surface area contributed by atoms with Gasteiger partial charge in [-0.2, -0.15) is 0 Å². The normalized spacial score (nSPS) is 10.8. The summed E-state index contributed by atoms with van der Waals surface area (Å²) in [5.41, 5.74) is 3.43. The van der Waals surface area contributed by atoms with Crippen LogP contribution in [-0.2, 0) is 0 Å². The number of aromatic amines is 1. The molecule has 2 nitrogen and oxygen atoms in total. The number of nitrogens with one attached hydrogen (secondary N) is 1. The molecule has 3 heteroatoms. The van der Waals surface area contributed by atoms with Crippen molar-refractivity contribution in [1.82, 2.24) is 9.97 Å². The molecule has 0 fully saturated rings. The lowest BCUT2D eigenvalue weighted by Crippen LogP contribution is -2.09. The molecule has 0 saturated heterocycles. The molecule has 1 N–H and O–H groups in total. The second kappa shape index (κ2) is 6.02. The maximum atomic E-state index is 5.28. The second-order valence-electron chi connectivity index (χ2n) is 5.04. The number of rotatable bonds is 3. The van der Waals surface area contributed by atoms with Crippen molar-refractivity contribution in [3.8, 4) is 0 Å². The summed E-state index contributed by atoms with van der Waals surface area (Å²) < 4.78 is 0.623. The molecule has 0 saturated carbocycles. The van der Waals surface area contributed by atoms with Crippen LogP contribution >= 0.6 is 12.2 Å². The van der Waals surface area contributed by atoms with E-state index in [1.165, 1.54) is 11.1 Å². The lowest BCUT2D eigenvalue weighted by atomic mass is 9.90. The smallest absolute Gasteiger partial charge is 0.130 e. The van der Waals surface area contributed by atoms with Gasteiger partial charge in [-0.15, -0.1) is 0 Å². The number of nitrogens with zero attached hydrogens (tertiary/aromatic N) is 1. The highest BCUT2D eigenvalue weighted by atomic mass is 32.1. The van der Waals surface area contributed by atoms with Crippen molar-refractivity contribution in [2.45, 2.75) is 12.8 Å². The maximum Gasteiger partial charge on any atom is 0.130 e. The SMILES string of the molecule is Cc1cc(=S)nc(C(c2ccccc2)c2ccccc2)[nH]1. The van der Waals surface area contributed by atoms with Crippen LogP contribution in [0.3, 0.4) is 0 Å². The zero-order chi connectivity index (χ0) is 14.7. The number of benzene rings is 2. The Bertz CT molecular complexity index is 740. The second-order valence-corrected chi connectivity index (χ2v) is 5.46. The minimum Gasteiger partial charge on any atom is -0.347 e. The molecule has 0 atom stereocenters. The van der Waals surface area contributed by atoms with Gasteiger partial charge in [0.15, 0.2) is 0 Å². The minimum absolute atomic E-state index is 0.0639. The van der Waals surface area contributed by atoms with Crippen molar-refractivity contribution in [3.63, 3.8) is 0 Å². The van der Waals surface area contributed by atoms with Gasteiger partial charge in [0.05, 0.1) is 5.92 Å². The van der Waals surface area contributed by atoms with Crippen molar-refractivity contribution in [3.05, 3.63) is 94.0 Å². The lowest BCUT2D eigenvalue weighted by Gasteiger charge is -2.18. The molecule has 0 aliphatic rings. The highest BCUT2D eigenvalue weighted by Crippen LogP contribution is 2.29. The van der Waals surface area contributed by atoms with Crippen molar-refractivity contribution in [2.24, 2.45) is 0 Å². The van der Waals surface area contributed by atoms with Crippen molar-refractivity contribution in [2.75, 3.05) is 0 Å². The summed E-state index contributed by atoms with van der Waals surface area (Å²) in [7, 11) is 0. The third kappa shape index (κ3) is 3.09. The summed E-state index contributed by atoms with van der Waals surface area (Å²) >= 11 is 5.28. The molecule has 21 heavy (non-hydrogen) atoms. The molecular formula is C18H16N2S. The summed E-state index contributed by atoms with van der Waals surface area (Å²) in [5, 5.41) is 0. The number of H-pyrrole nitrogens is 1. The topological polar surface area (TPSA) is 28.7 Å². The van der Waals surface area contributed by atoms with E-state index in [0.717, 1.165) is 11.5 Å². The predicted octanol–water partition coefficient (Wildman–Crippen LogP) is 4.63. The first kappa shape index (κ1) is 13.7. The standard InChI is InChI=1S/C18H16N2S/c1-13-12-16(21)20-18(19-13)17(14-8-4-2-5-9-14)15-10-6-3-7-11-15/h2-12,17H,1H3,(H,19,20,21). The van der Waals surface area contributed by atoms with E-state index in [2.05, 4.69) is 58.5 Å². The molecule has 3 rings (SSSR count). The summed E-state index contributed by atoms with van der Waals surface area (Å²) in [5.74, 6) is 0.950. The highest BCUT2D eigenvalue weighted by Gasteiger charge is 2.18. The summed E-state index contributed by atoms with van der Waals surface area (Å²) in [6, 6.07) is 22.6. The average molecular weight is 292 g/mol. The van der Waals surface area contributed by atoms with Gasteiger partial charge >= 0.3 is 0 Å². The fourth-order valence-electron chi connectivity index (χ4n) is 2.54. The average Bonchev–Trinajstić information content (AvgIpc) is 2.49. The number of aryl methyl sites for hydroxylation is 1. The molecule has 2 aromatic carbocycles. The van der Waals surface area contributed by atoms with Crippen LogP contribution in [0.1, 0.15) is 28.6 Å². The molecule has 0 spiro atoms. The van der Waals surface area contributed by atoms with Gasteiger partial charge in [0.1, 0.15) is 10.5 Å². The molecule has 0 aliphatic heterocycles. The third-order valence-corrected chi connectivity index (χ3v) is 3.64. The molecule has 0 aliphatic carbocycles. The largest absolute Gasteiger partial charge is 0.347 e. The molecular weight excluding hydrogens is 276 g/mol. The van der Waals surface area contributed by atoms with Crippen molar-refractivity contribution in [1.29, 1.82) is 0 Å². The minimum atomic E-state index is 0.0639. The van der Waals surface area contributed by atoms with E-state index in [0.29, 0.717) is 4.64 Å². The monoisotopic (exact) mass is 292 g/mol. The Morgan fingerprint density at radius 1 is 0.905 bits per heavy atom. The molecule has 104 valence electrons. The summed E-state index contributed by atoms with van der Waals surface area (Å²) in [6.45, 7) is 2.01. The molecule has 0 radical (unpaired) electrons. The Morgan fingerprint density at radius 2 is 1.43 bits per heavy atom. The summed E-state index contributed by atoms with van der Waals surface area (Å²) in [4.78, 5) is 7.91. The Balaban J connectivity index is 2.19. The Kier molecular flexibility index (Phi) is 3.93. The number of aromatic nitrogens is 2. The van der Waals surface area contributed by atoms with E-state index in [-0.39, 0.29) is 5.92 Å². The van der Waals surface area contributed by atoms with Gasteiger partial charge in [-0.05, 0) is 24.1 Å². The molecule has 1 aromatic heterocycles. The van der Waals surface area contributed by atoms with E-state index < -0.39 is 0 Å². The van der Waals surface area contributed by atoms with Crippen LogP contribution in [0.25, 0.3) is 0 Å². The first-order valence-corrected chi connectivity index (χ1v) is 7.32. The van der Waals surface area contributed by atoms with Crippen LogP contribution in [0.2, 0.25) is 0 Å². The fraction of sp³-hybridized carbons (Fsp3) is 0.111. The van der Waals surface area contributed by atoms with Gasteiger partial charge in [0, 0.05) is 5.69 Å². The summed E-state index contributed by atoms with van der Waals surface area (Å²) in [6.07, 6.45) is 0. The zero-order valence-electron chi connectivity index (χ0n) is 11.8. The van der Waals surface area contributed by atoms with E-state index in [4.69, 9.17) is 12.2 Å². The Hall–Kier alpha value is -2.26. The van der Waals surface area contributed by atoms with Gasteiger partial charge in [-0.3, -0.25) is 0 Å².